The van der Waals surface area contributed by atoms with Crippen LogP contribution in [-0.4, -0.2) is 11.6 Å². The van der Waals surface area contributed by atoms with E-state index in [1.807, 2.05) is 6.92 Å². The molecule has 0 bridgehead atoms. The SMILES string of the molecule is CC(=O)C(=O)c1ccc(C)cc1Cl. The lowest BCUT2D eigenvalue weighted by atomic mass is 10.1. The summed E-state index contributed by atoms with van der Waals surface area (Å²) in [5, 5.41) is 0.334. The molecule has 3 heteroatoms. The van der Waals surface area contributed by atoms with Gasteiger partial charge in [-0.2, -0.15) is 0 Å². The van der Waals surface area contributed by atoms with E-state index in [2.05, 4.69) is 0 Å². The zero-order valence-corrected chi connectivity index (χ0v) is 8.18. The number of Topliss-reactive ketones (excluding diaryl/α,β-unsaturated/α-hetero) is 2. The quantitative estimate of drug-likeness (QED) is 0.538. The van der Waals surface area contributed by atoms with Crippen LogP contribution >= 0.6 is 11.6 Å². The predicted octanol–water partition coefficient (Wildman–Crippen LogP) is 2.42. The zero-order chi connectivity index (χ0) is 10.0. The average molecular weight is 197 g/mol. The molecular formula is C10H9ClO2. The highest BCUT2D eigenvalue weighted by Crippen LogP contribution is 2.18. The minimum absolute atomic E-state index is 0.278. The lowest BCUT2D eigenvalue weighted by Gasteiger charge is -2.00. The van der Waals surface area contributed by atoms with E-state index in [1.54, 1.807) is 18.2 Å². The lowest BCUT2D eigenvalue weighted by molar-refractivity contribution is -0.113. The van der Waals surface area contributed by atoms with Crippen molar-refractivity contribution < 1.29 is 9.59 Å². The highest BCUT2D eigenvalue weighted by molar-refractivity contribution is 6.47. The normalized spacial score (nSPS) is 9.77. The van der Waals surface area contributed by atoms with Crippen LogP contribution in [0, 0.1) is 6.92 Å². The summed E-state index contributed by atoms with van der Waals surface area (Å²) in [5.41, 5.74) is 1.24. The van der Waals surface area contributed by atoms with E-state index >= 15 is 0 Å². The summed E-state index contributed by atoms with van der Waals surface area (Å²) in [7, 11) is 0. The standard InChI is InChI=1S/C10H9ClO2/c1-6-3-4-8(9(11)5-6)10(13)7(2)12/h3-5H,1-2H3. The molecule has 0 aliphatic rings. The van der Waals surface area contributed by atoms with Gasteiger partial charge in [-0.25, -0.2) is 0 Å². The molecule has 0 saturated heterocycles. The molecule has 0 spiro atoms. The molecule has 0 radical (unpaired) electrons. The van der Waals surface area contributed by atoms with Crippen molar-refractivity contribution in [1.82, 2.24) is 0 Å². The highest BCUT2D eigenvalue weighted by Gasteiger charge is 2.14. The van der Waals surface area contributed by atoms with Gasteiger partial charge >= 0.3 is 0 Å². The molecule has 0 amide bonds. The summed E-state index contributed by atoms with van der Waals surface area (Å²) in [6.45, 7) is 3.10. The van der Waals surface area contributed by atoms with E-state index in [0.717, 1.165) is 5.56 Å². The van der Waals surface area contributed by atoms with Gasteiger partial charge in [-0.1, -0.05) is 17.7 Å². The molecule has 0 fully saturated rings. The summed E-state index contributed by atoms with van der Waals surface area (Å²) in [6.07, 6.45) is 0. The molecule has 0 N–H and O–H groups in total. The van der Waals surface area contributed by atoms with Gasteiger partial charge in [-0.3, -0.25) is 9.59 Å². The Hall–Kier alpha value is -1.15. The van der Waals surface area contributed by atoms with E-state index in [9.17, 15) is 9.59 Å². The summed E-state index contributed by atoms with van der Waals surface area (Å²) in [5.74, 6) is -1.03. The van der Waals surface area contributed by atoms with Crippen molar-refractivity contribution >= 4 is 23.2 Å². The Morgan fingerprint density at radius 1 is 1.31 bits per heavy atom. The van der Waals surface area contributed by atoms with Crippen molar-refractivity contribution in [3.05, 3.63) is 34.3 Å². The monoisotopic (exact) mass is 196 g/mol. The van der Waals surface area contributed by atoms with Gasteiger partial charge < -0.3 is 0 Å². The fourth-order valence-electron chi connectivity index (χ4n) is 0.994. The number of hydrogen-bond acceptors (Lipinski definition) is 2. The van der Waals surface area contributed by atoms with Crippen molar-refractivity contribution in [3.8, 4) is 0 Å². The molecule has 0 saturated carbocycles. The number of halogens is 1. The fraction of sp³-hybridized carbons (Fsp3) is 0.200. The number of benzene rings is 1. The molecular weight excluding hydrogens is 188 g/mol. The Labute approximate surface area is 81.5 Å². The van der Waals surface area contributed by atoms with E-state index in [1.165, 1.54) is 6.92 Å². The van der Waals surface area contributed by atoms with Crippen LogP contribution in [0.25, 0.3) is 0 Å². The molecule has 1 aromatic carbocycles. The molecule has 0 heterocycles. The number of carbonyl (C=O) groups is 2. The number of rotatable bonds is 2. The third-order valence-corrected chi connectivity index (χ3v) is 2.00. The molecule has 0 aliphatic carbocycles. The third-order valence-electron chi connectivity index (χ3n) is 1.69. The largest absolute Gasteiger partial charge is 0.291 e. The van der Waals surface area contributed by atoms with E-state index in [0.29, 0.717) is 5.02 Å². The van der Waals surface area contributed by atoms with Gasteiger partial charge in [0.2, 0.25) is 5.78 Å². The Bertz CT molecular complexity index is 369. The summed E-state index contributed by atoms with van der Waals surface area (Å²) < 4.78 is 0. The predicted molar refractivity (Wildman–Crippen MR) is 51.2 cm³/mol. The van der Waals surface area contributed by atoms with Crippen LogP contribution in [0.2, 0.25) is 5.02 Å². The van der Waals surface area contributed by atoms with Crippen LogP contribution in [0.5, 0.6) is 0 Å². The number of carbonyl (C=O) groups excluding carboxylic acids is 2. The van der Waals surface area contributed by atoms with Crippen molar-refractivity contribution in [2.45, 2.75) is 13.8 Å². The maximum absolute atomic E-state index is 11.2. The van der Waals surface area contributed by atoms with Crippen molar-refractivity contribution in [3.63, 3.8) is 0 Å². The fourth-order valence-corrected chi connectivity index (χ4v) is 1.31. The van der Waals surface area contributed by atoms with Crippen molar-refractivity contribution in [2.24, 2.45) is 0 Å². The first-order chi connectivity index (χ1) is 6.02. The van der Waals surface area contributed by atoms with E-state index < -0.39 is 11.6 Å². The number of hydrogen-bond donors (Lipinski definition) is 0. The molecule has 0 unspecified atom stereocenters. The van der Waals surface area contributed by atoms with E-state index in [-0.39, 0.29) is 5.56 Å². The van der Waals surface area contributed by atoms with Gasteiger partial charge in [0, 0.05) is 12.5 Å². The van der Waals surface area contributed by atoms with Crippen LogP contribution < -0.4 is 0 Å². The summed E-state index contributed by atoms with van der Waals surface area (Å²) in [6, 6.07) is 4.99. The van der Waals surface area contributed by atoms with Crippen LogP contribution in [0.3, 0.4) is 0 Å². The number of ketones is 2. The second kappa shape index (κ2) is 3.71. The highest BCUT2D eigenvalue weighted by atomic mass is 35.5. The van der Waals surface area contributed by atoms with Crippen LogP contribution in [0.1, 0.15) is 22.8 Å². The second-order valence-corrected chi connectivity index (χ2v) is 3.28. The minimum atomic E-state index is -0.537. The van der Waals surface area contributed by atoms with Crippen LogP contribution in [0.4, 0.5) is 0 Å². The van der Waals surface area contributed by atoms with Gasteiger partial charge in [0.15, 0.2) is 5.78 Å². The first-order valence-corrected chi connectivity index (χ1v) is 4.21. The van der Waals surface area contributed by atoms with Gasteiger partial charge in [0.1, 0.15) is 0 Å². The molecule has 1 rings (SSSR count). The Morgan fingerprint density at radius 3 is 2.38 bits per heavy atom. The average Bonchev–Trinajstić information content (AvgIpc) is 2.03. The Kier molecular flexibility index (Phi) is 2.83. The van der Waals surface area contributed by atoms with Crippen LogP contribution in [0.15, 0.2) is 18.2 Å². The van der Waals surface area contributed by atoms with E-state index in [4.69, 9.17) is 11.6 Å². The van der Waals surface area contributed by atoms with Crippen molar-refractivity contribution in [1.29, 1.82) is 0 Å². The first kappa shape index (κ1) is 9.93. The molecule has 2 nitrogen and oxygen atoms in total. The maximum atomic E-state index is 11.2. The molecule has 68 valence electrons. The lowest BCUT2D eigenvalue weighted by Crippen LogP contribution is -2.10. The van der Waals surface area contributed by atoms with Crippen LogP contribution in [-0.2, 0) is 4.79 Å². The van der Waals surface area contributed by atoms with Gasteiger partial charge in [-0.05, 0) is 24.6 Å². The van der Waals surface area contributed by atoms with Gasteiger partial charge in [0.05, 0.1) is 5.02 Å². The molecule has 13 heavy (non-hydrogen) atoms. The van der Waals surface area contributed by atoms with Gasteiger partial charge in [0.25, 0.3) is 0 Å². The third kappa shape index (κ3) is 2.16. The molecule has 1 aromatic rings. The molecule has 0 atom stereocenters. The van der Waals surface area contributed by atoms with Gasteiger partial charge in [-0.15, -0.1) is 0 Å². The Balaban J connectivity index is 3.16. The summed E-state index contributed by atoms with van der Waals surface area (Å²) >= 11 is 5.80. The second-order valence-electron chi connectivity index (χ2n) is 2.87. The first-order valence-electron chi connectivity index (χ1n) is 3.84. The number of aryl methyl sites for hydroxylation is 1. The molecule has 0 aliphatic heterocycles. The summed E-state index contributed by atoms with van der Waals surface area (Å²) in [4.78, 5) is 22.0. The van der Waals surface area contributed by atoms with Crippen molar-refractivity contribution in [2.75, 3.05) is 0 Å². The zero-order valence-electron chi connectivity index (χ0n) is 7.43. The Morgan fingerprint density at radius 2 is 1.92 bits per heavy atom. The topological polar surface area (TPSA) is 34.1 Å². The maximum Gasteiger partial charge on any atom is 0.229 e. The molecule has 0 aromatic heterocycles. The smallest absolute Gasteiger partial charge is 0.229 e. The minimum Gasteiger partial charge on any atom is -0.291 e.